The number of nitrogens with zero attached hydrogens (tertiary/aromatic N) is 1. The van der Waals surface area contributed by atoms with Crippen LogP contribution in [0, 0.1) is 0 Å². The Morgan fingerprint density at radius 2 is 1.25 bits per heavy atom. The molecule has 0 aromatic carbocycles. The number of rotatable bonds is 1. The molecule has 1 saturated carbocycles. The summed E-state index contributed by atoms with van der Waals surface area (Å²) in [6.45, 7) is 3.24. The van der Waals surface area contributed by atoms with Gasteiger partial charge in [0.2, 0.25) is 0 Å². The SMILES string of the molecule is C1CCCC(N2COCCCOC2)CCC1. The monoisotopic (exact) mass is 227 g/mol. The van der Waals surface area contributed by atoms with E-state index in [0.717, 1.165) is 33.1 Å². The van der Waals surface area contributed by atoms with Gasteiger partial charge in [-0.05, 0) is 19.3 Å². The zero-order chi connectivity index (χ0) is 11.1. The van der Waals surface area contributed by atoms with E-state index in [9.17, 15) is 0 Å². The van der Waals surface area contributed by atoms with Crippen LogP contribution in [0.15, 0.2) is 0 Å². The van der Waals surface area contributed by atoms with Crippen molar-refractivity contribution < 1.29 is 9.47 Å². The van der Waals surface area contributed by atoms with E-state index in [0.29, 0.717) is 6.04 Å². The van der Waals surface area contributed by atoms with Gasteiger partial charge in [0.25, 0.3) is 0 Å². The minimum Gasteiger partial charge on any atom is -0.366 e. The molecule has 94 valence electrons. The fraction of sp³-hybridized carbons (Fsp3) is 1.00. The maximum Gasteiger partial charge on any atom is 0.101 e. The van der Waals surface area contributed by atoms with Crippen LogP contribution in [0.1, 0.15) is 51.4 Å². The molecule has 3 heteroatoms. The zero-order valence-corrected chi connectivity index (χ0v) is 10.3. The second kappa shape index (κ2) is 7.25. The van der Waals surface area contributed by atoms with E-state index in [1.54, 1.807) is 0 Å². The van der Waals surface area contributed by atoms with Crippen molar-refractivity contribution >= 4 is 0 Å². The van der Waals surface area contributed by atoms with Crippen molar-refractivity contribution in [1.82, 2.24) is 4.90 Å². The lowest BCUT2D eigenvalue weighted by Gasteiger charge is -2.33. The Kier molecular flexibility index (Phi) is 5.59. The van der Waals surface area contributed by atoms with Crippen molar-refractivity contribution in [1.29, 1.82) is 0 Å². The predicted octanol–water partition coefficient (Wildman–Crippen LogP) is 2.75. The van der Waals surface area contributed by atoms with Crippen LogP contribution in [-0.4, -0.2) is 37.6 Å². The van der Waals surface area contributed by atoms with Crippen molar-refractivity contribution in [3.05, 3.63) is 0 Å². The highest BCUT2D eigenvalue weighted by atomic mass is 16.5. The number of hydrogen-bond donors (Lipinski definition) is 0. The Bertz CT molecular complexity index is 151. The van der Waals surface area contributed by atoms with Gasteiger partial charge >= 0.3 is 0 Å². The predicted molar refractivity (Wildman–Crippen MR) is 64.2 cm³/mol. The normalized spacial score (nSPS) is 27.8. The lowest BCUT2D eigenvalue weighted by Crippen LogP contribution is -2.40. The Balaban J connectivity index is 1.81. The molecule has 0 unspecified atom stereocenters. The number of hydrogen-bond acceptors (Lipinski definition) is 3. The van der Waals surface area contributed by atoms with Crippen LogP contribution in [0.2, 0.25) is 0 Å². The zero-order valence-electron chi connectivity index (χ0n) is 10.3. The molecule has 2 fully saturated rings. The molecule has 0 bridgehead atoms. The van der Waals surface area contributed by atoms with Gasteiger partial charge < -0.3 is 9.47 Å². The second-order valence-corrected chi connectivity index (χ2v) is 5.02. The summed E-state index contributed by atoms with van der Waals surface area (Å²) in [4.78, 5) is 2.39. The van der Waals surface area contributed by atoms with Crippen LogP contribution in [0.25, 0.3) is 0 Å². The molecular weight excluding hydrogens is 202 g/mol. The molecule has 2 rings (SSSR count). The lowest BCUT2D eigenvalue weighted by molar-refractivity contribution is -0.0958. The molecule has 0 aromatic rings. The third kappa shape index (κ3) is 4.04. The maximum atomic E-state index is 5.66. The van der Waals surface area contributed by atoms with Crippen molar-refractivity contribution in [3.63, 3.8) is 0 Å². The van der Waals surface area contributed by atoms with Gasteiger partial charge in [0.1, 0.15) is 13.5 Å². The second-order valence-electron chi connectivity index (χ2n) is 5.02. The van der Waals surface area contributed by atoms with Crippen molar-refractivity contribution in [3.8, 4) is 0 Å². The van der Waals surface area contributed by atoms with Crippen LogP contribution in [0.4, 0.5) is 0 Å². The summed E-state index contributed by atoms with van der Waals surface area (Å²) in [5, 5.41) is 0. The summed E-state index contributed by atoms with van der Waals surface area (Å²) in [5.41, 5.74) is 0. The molecule has 0 atom stereocenters. The fourth-order valence-electron chi connectivity index (χ4n) is 2.67. The molecule has 1 aliphatic carbocycles. The average Bonchev–Trinajstić information content (AvgIpc) is 2.18. The van der Waals surface area contributed by atoms with Crippen molar-refractivity contribution in [2.45, 2.75) is 57.4 Å². The van der Waals surface area contributed by atoms with Crippen molar-refractivity contribution in [2.24, 2.45) is 0 Å². The lowest BCUT2D eigenvalue weighted by atomic mass is 9.96. The smallest absolute Gasteiger partial charge is 0.101 e. The van der Waals surface area contributed by atoms with E-state index in [1.165, 1.54) is 44.9 Å². The summed E-state index contributed by atoms with van der Waals surface area (Å²) in [7, 11) is 0. The molecule has 2 aliphatic rings. The summed E-state index contributed by atoms with van der Waals surface area (Å²) in [5.74, 6) is 0. The first-order chi connectivity index (χ1) is 7.97. The molecule has 0 spiro atoms. The van der Waals surface area contributed by atoms with Crippen LogP contribution < -0.4 is 0 Å². The molecular formula is C13H25NO2. The minimum absolute atomic E-state index is 0.693. The first-order valence-electron chi connectivity index (χ1n) is 6.86. The number of ether oxygens (including phenoxy) is 2. The minimum atomic E-state index is 0.693. The van der Waals surface area contributed by atoms with Crippen LogP contribution >= 0.6 is 0 Å². The van der Waals surface area contributed by atoms with E-state index < -0.39 is 0 Å². The maximum absolute atomic E-state index is 5.66. The standard InChI is InChI=1S/C13H25NO2/c1-2-4-7-13(8-5-3-1)14-11-15-9-6-10-16-12-14/h13H,1-12H2. The first-order valence-corrected chi connectivity index (χ1v) is 6.86. The molecule has 0 amide bonds. The van der Waals surface area contributed by atoms with Gasteiger partial charge in [-0.25, -0.2) is 0 Å². The first kappa shape index (κ1) is 12.3. The molecule has 1 saturated heterocycles. The third-order valence-corrected chi connectivity index (χ3v) is 3.68. The Morgan fingerprint density at radius 1 is 0.688 bits per heavy atom. The third-order valence-electron chi connectivity index (χ3n) is 3.68. The van der Waals surface area contributed by atoms with Gasteiger partial charge in [0.15, 0.2) is 0 Å². The molecule has 16 heavy (non-hydrogen) atoms. The Hall–Kier alpha value is -0.120. The summed E-state index contributed by atoms with van der Waals surface area (Å²) in [6.07, 6.45) is 10.7. The topological polar surface area (TPSA) is 21.7 Å². The largest absolute Gasteiger partial charge is 0.366 e. The molecule has 0 radical (unpaired) electrons. The van der Waals surface area contributed by atoms with Crippen LogP contribution in [0.3, 0.4) is 0 Å². The van der Waals surface area contributed by atoms with Gasteiger partial charge in [0.05, 0.1) is 13.2 Å². The molecule has 0 N–H and O–H groups in total. The summed E-state index contributed by atoms with van der Waals surface area (Å²) < 4.78 is 11.3. The van der Waals surface area contributed by atoms with Gasteiger partial charge in [-0.1, -0.05) is 32.1 Å². The highest BCUT2D eigenvalue weighted by molar-refractivity contribution is 4.71. The quantitative estimate of drug-likeness (QED) is 0.687. The van der Waals surface area contributed by atoms with Crippen LogP contribution in [0.5, 0.6) is 0 Å². The molecule has 1 heterocycles. The van der Waals surface area contributed by atoms with Gasteiger partial charge in [-0.3, -0.25) is 4.90 Å². The highest BCUT2D eigenvalue weighted by Crippen LogP contribution is 2.21. The molecule has 1 aliphatic heterocycles. The Labute approximate surface area is 99.1 Å². The van der Waals surface area contributed by atoms with Crippen LogP contribution in [-0.2, 0) is 9.47 Å². The van der Waals surface area contributed by atoms with Gasteiger partial charge in [-0.2, -0.15) is 0 Å². The fourth-order valence-corrected chi connectivity index (χ4v) is 2.67. The van der Waals surface area contributed by atoms with E-state index in [-0.39, 0.29) is 0 Å². The highest BCUT2D eigenvalue weighted by Gasteiger charge is 2.20. The summed E-state index contributed by atoms with van der Waals surface area (Å²) in [6, 6.07) is 0.693. The van der Waals surface area contributed by atoms with Crippen molar-refractivity contribution in [2.75, 3.05) is 26.7 Å². The van der Waals surface area contributed by atoms with Gasteiger partial charge in [0, 0.05) is 6.04 Å². The summed E-state index contributed by atoms with van der Waals surface area (Å²) >= 11 is 0. The van der Waals surface area contributed by atoms with Gasteiger partial charge in [-0.15, -0.1) is 0 Å². The van der Waals surface area contributed by atoms with E-state index in [1.807, 2.05) is 0 Å². The van der Waals surface area contributed by atoms with E-state index in [2.05, 4.69) is 4.90 Å². The van der Waals surface area contributed by atoms with E-state index >= 15 is 0 Å². The molecule has 0 aromatic heterocycles. The molecule has 3 nitrogen and oxygen atoms in total. The Morgan fingerprint density at radius 3 is 1.88 bits per heavy atom. The average molecular weight is 227 g/mol. The van der Waals surface area contributed by atoms with E-state index in [4.69, 9.17) is 9.47 Å².